The minimum Gasteiger partial charge on any atom is -0.474 e. The molecule has 22 heavy (non-hydrogen) atoms. The number of benzene rings is 2. The van der Waals surface area contributed by atoms with Crippen LogP contribution < -0.4 is 10.3 Å². The number of rotatable bonds is 5. The lowest BCUT2D eigenvalue weighted by Crippen LogP contribution is -2.07. The van der Waals surface area contributed by atoms with Crippen LogP contribution in [-0.2, 0) is 0 Å². The third kappa shape index (κ3) is 3.26. The second-order valence-electron chi connectivity index (χ2n) is 4.67. The predicted molar refractivity (Wildman–Crippen MR) is 89.6 cm³/mol. The van der Waals surface area contributed by atoms with Gasteiger partial charge in [0.15, 0.2) is 5.91 Å². The van der Waals surface area contributed by atoms with E-state index in [1.165, 1.54) is 11.3 Å². The number of para-hydroxylation sites is 1. The highest BCUT2D eigenvalue weighted by Gasteiger charge is 2.14. The van der Waals surface area contributed by atoms with E-state index in [-0.39, 0.29) is 8.81 Å². The van der Waals surface area contributed by atoms with E-state index in [4.69, 9.17) is 10.3 Å². The number of halogens is 1. The number of fused-ring (bicyclic) bond motifs is 1. The van der Waals surface area contributed by atoms with Gasteiger partial charge < -0.3 is 10.3 Å². The molecule has 1 aromatic heterocycles. The number of nitrogens with two attached hydrogens (primary N) is 1. The summed E-state index contributed by atoms with van der Waals surface area (Å²) in [6, 6.07) is 16.1. The molecule has 3 nitrogen and oxygen atoms in total. The largest absolute Gasteiger partial charge is 0.474 e. The van der Waals surface area contributed by atoms with Gasteiger partial charge in [-0.3, -0.25) is 4.79 Å². The molecule has 0 saturated carbocycles. The maximum Gasteiger partial charge on any atom is 0.258 e. The predicted octanol–water partition coefficient (Wildman–Crippen LogP) is 4.64. The quantitative estimate of drug-likeness (QED) is 0.692. The van der Waals surface area contributed by atoms with Crippen LogP contribution in [0, 0.1) is 0 Å². The number of alkyl halides is 1. The Morgan fingerprint density at radius 1 is 1.18 bits per heavy atom. The lowest BCUT2D eigenvalue weighted by atomic mass is 10.2. The first-order chi connectivity index (χ1) is 10.6. The van der Waals surface area contributed by atoms with Crippen molar-refractivity contribution in [1.29, 1.82) is 0 Å². The molecule has 2 N–H and O–H groups in total. The van der Waals surface area contributed by atoms with E-state index < -0.39 is 11.8 Å². The number of primary amides is 1. The number of amides is 1. The van der Waals surface area contributed by atoms with Crippen LogP contribution in [0.3, 0.4) is 0 Å². The van der Waals surface area contributed by atoms with Gasteiger partial charge in [0, 0.05) is 4.70 Å². The van der Waals surface area contributed by atoms with Crippen molar-refractivity contribution in [2.75, 3.05) is 0 Å². The fraction of sp³-hybridized carbons (Fsp3) is 0.0625. The zero-order chi connectivity index (χ0) is 15.5. The van der Waals surface area contributed by atoms with Crippen molar-refractivity contribution in [3.8, 4) is 5.75 Å². The minimum absolute atomic E-state index is 0.321. The molecule has 1 heterocycles. The SMILES string of the molecule is NC(=O)c1cc2cc(C(F)POc3ccccc3)ccc2s1. The molecule has 0 bridgehead atoms. The third-order valence-corrected chi connectivity index (χ3v) is 5.12. The average Bonchev–Trinajstić information content (AvgIpc) is 2.97. The van der Waals surface area contributed by atoms with Crippen LogP contribution >= 0.6 is 20.1 Å². The first kappa shape index (κ1) is 14.9. The van der Waals surface area contributed by atoms with Gasteiger partial charge in [0.2, 0.25) is 0 Å². The second-order valence-corrected chi connectivity index (χ2v) is 6.70. The number of hydrogen-bond acceptors (Lipinski definition) is 3. The Morgan fingerprint density at radius 3 is 2.68 bits per heavy atom. The van der Waals surface area contributed by atoms with E-state index in [1.54, 1.807) is 36.4 Å². The minimum atomic E-state index is -1.21. The van der Waals surface area contributed by atoms with E-state index in [0.717, 1.165) is 10.1 Å². The molecule has 0 radical (unpaired) electrons. The first-order valence-corrected chi connectivity index (χ1v) is 8.38. The van der Waals surface area contributed by atoms with Crippen molar-refractivity contribution < 1.29 is 13.7 Å². The third-order valence-electron chi connectivity index (χ3n) is 3.10. The van der Waals surface area contributed by atoms with E-state index in [0.29, 0.717) is 16.2 Å². The fourth-order valence-electron chi connectivity index (χ4n) is 2.02. The van der Waals surface area contributed by atoms with Crippen molar-refractivity contribution in [1.82, 2.24) is 0 Å². The molecule has 3 aromatic rings. The first-order valence-electron chi connectivity index (χ1n) is 6.58. The van der Waals surface area contributed by atoms with E-state index >= 15 is 0 Å². The van der Waals surface area contributed by atoms with E-state index in [9.17, 15) is 9.18 Å². The summed E-state index contributed by atoms with van der Waals surface area (Å²) in [5.41, 5.74) is 5.80. The highest BCUT2D eigenvalue weighted by molar-refractivity contribution is 7.33. The number of carbonyl (C=O) groups excluding carboxylic acids is 1. The van der Waals surface area contributed by atoms with Crippen LogP contribution in [0.1, 0.15) is 21.1 Å². The van der Waals surface area contributed by atoms with Crippen LogP contribution in [0.2, 0.25) is 0 Å². The average molecular weight is 333 g/mol. The Balaban J connectivity index is 1.76. The summed E-state index contributed by atoms with van der Waals surface area (Å²) >= 11 is 1.31. The normalized spacial score (nSPS) is 12.8. The Labute approximate surface area is 132 Å². The van der Waals surface area contributed by atoms with Crippen molar-refractivity contribution in [2.45, 2.75) is 5.91 Å². The Morgan fingerprint density at radius 2 is 1.95 bits per heavy atom. The van der Waals surface area contributed by atoms with Crippen LogP contribution in [0.4, 0.5) is 4.39 Å². The molecule has 0 saturated heterocycles. The molecule has 1 amide bonds. The topological polar surface area (TPSA) is 52.3 Å². The molecule has 112 valence electrons. The van der Waals surface area contributed by atoms with Gasteiger partial charge in [-0.25, -0.2) is 4.39 Å². The summed E-state index contributed by atoms with van der Waals surface area (Å²) in [7, 11) is -0.321. The molecule has 0 aliphatic carbocycles. The molecular formula is C16H13FNO2PS. The van der Waals surface area contributed by atoms with Gasteiger partial charge in [-0.1, -0.05) is 24.3 Å². The van der Waals surface area contributed by atoms with Gasteiger partial charge in [0.1, 0.15) is 14.6 Å². The molecule has 0 aliphatic heterocycles. The highest BCUT2D eigenvalue weighted by Crippen LogP contribution is 2.39. The summed E-state index contributed by atoms with van der Waals surface area (Å²) in [5.74, 6) is -1.02. The molecule has 3 rings (SSSR count). The molecule has 2 aromatic carbocycles. The molecule has 6 heteroatoms. The summed E-state index contributed by atoms with van der Waals surface area (Å²) in [5, 5.41) is 0.823. The van der Waals surface area contributed by atoms with Gasteiger partial charge in [0.05, 0.1) is 4.88 Å². The van der Waals surface area contributed by atoms with Gasteiger partial charge in [0.25, 0.3) is 5.91 Å². The van der Waals surface area contributed by atoms with Crippen LogP contribution in [0.5, 0.6) is 5.75 Å². The second kappa shape index (κ2) is 6.42. The van der Waals surface area contributed by atoms with Gasteiger partial charge >= 0.3 is 0 Å². The van der Waals surface area contributed by atoms with Crippen LogP contribution in [-0.4, -0.2) is 5.91 Å². The summed E-state index contributed by atoms with van der Waals surface area (Å²) in [6.07, 6.45) is 0. The van der Waals surface area contributed by atoms with Gasteiger partial charge in [-0.2, -0.15) is 0 Å². The number of hydrogen-bond donors (Lipinski definition) is 1. The zero-order valence-electron chi connectivity index (χ0n) is 11.5. The van der Waals surface area contributed by atoms with Crippen LogP contribution in [0.15, 0.2) is 54.6 Å². The lowest BCUT2D eigenvalue weighted by molar-refractivity contribution is 0.100. The monoisotopic (exact) mass is 333 g/mol. The summed E-state index contributed by atoms with van der Waals surface area (Å²) in [4.78, 5) is 11.7. The van der Waals surface area contributed by atoms with Gasteiger partial charge in [-0.15, -0.1) is 11.3 Å². The van der Waals surface area contributed by atoms with Crippen molar-refractivity contribution in [2.24, 2.45) is 5.73 Å². The van der Waals surface area contributed by atoms with Crippen LogP contribution in [0.25, 0.3) is 10.1 Å². The highest BCUT2D eigenvalue weighted by atomic mass is 32.1. The Hall–Kier alpha value is -1.97. The fourth-order valence-corrected chi connectivity index (χ4v) is 3.60. The lowest BCUT2D eigenvalue weighted by Gasteiger charge is -2.10. The molecular weight excluding hydrogens is 320 g/mol. The van der Waals surface area contributed by atoms with E-state index in [2.05, 4.69) is 0 Å². The standard InChI is InChI=1S/C16H13FNO2PS/c17-15(21-20-12-4-2-1-3-5-12)10-6-7-13-11(8-10)9-14(22-13)16(18)19/h1-9,15,21H,(H2,18,19). The van der Waals surface area contributed by atoms with Gasteiger partial charge in [-0.05, 0) is 41.3 Å². The maximum absolute atomic E-state index is 14.3. The molecule has 0 aliphatic rings. The Kier molecular flexibility index (Phi) is 4.36. The smallest absolute Gasteiger partial charge is 0.258 e. The molecule has 0 spiro atoms. The van der Waals surface area contributed by atoms with E-state index in [1.807, 2.05) is 18.2 Å². The zero-order valence-corrected chi connectivity index (χ0v) is 13.3. The van der Waals surface area contributed by atoms with Crippen molar-refractivity contribution in [3.63, 3.8) is 0 Å². The summed E-state index contributed by atoms with van der Waals surface area (Å²) < 4.78 is 20.7. The number of carbonyl (C=O) groups is 1. The molecule has 0 fully saturated rings. The molecule has 2 unspecified atom stereocenters. The number of thiophene rings is 1. The van der Waals surface area contributed by atoms with Crippen molar-refractivity contribution in [3.05, 3.63) is 65.0 Å². The van der Waals surface area contributed by atoms with Crippen molar-refractivity contribution >= 4 is 36.1 Å². The molecule has 2 atom stereocenters. The summed E-state index contributed by atoms with van der Waals surface area (Å²) in [6.45, 7) is 0. The maximum atomic E-state index is 14.3. The Bertz CT molecular complexity index is 806.